The van der Waals surface area contributed by atoms with Crippen LogP contribution in [0.25, 0.3) is 0 Å². The second-order valence-electron chi connectivity index (χ2n) is 3.62. The Kier molecular flexibility index (Phi) is 4.18. The van der Waals surface area contributed by atoms with Crippen LogP contribution in [0, 0.1) is 0 Å². The molecule has 0 aliphatic rings. The molecule has 0 aliphatic carbocycles. The summed E-state index contributed by atoms with van der Waals surface area (Å²) < 4.78 is 0.432. The topological polar surface area (TPSA) is 0 Å². The molecule has 0 saturated carbocycles. The van der Waals surface area contributed by atoms with Gasteiger partial charge in [-0.25, -0.2) is 0 Å². The quantitative estimate of drug-likeness (QED) is 0.586. The van der Waals surface area contributed by atoms with Crippen LogP contribution in [-0.4, -0.2) is 16.3 Å². The van der Waals surface area contributed by atoms with Crippen molar-refractivity contribution in [3.63, 3.8) is 0 Å². The van der Waals surface area contributed by atoms with Crippen LogP contribution in [0.2, 0.25) is 0 Å². The van der Waals surface area contributed by atoms with Gasteiger partial charge >= 0.3 is 0 Å². The van der Waals surface area contributed by atoms with Gasteiger partial charge in [0, 0.05) is 0 Å². The summed E-state index contributed by atoms with van der Waals surface area (Å²) in [6.07, 6.45) is 0. The van der Waals surface area contributed by atoms with Crippen LogP contribution in [0.15, 0.2) is 30.3 Å². The number of hydrogen-bond acceptors (Lipinski definition) is 0. The van der Waals surface area contributed by atoms with Crippen LogP contribution in [0.3, 0.4) is 0 Å². The van der Waals surface area contributed by atoms with Gasteiger partial charge in [-0.1, -0.05) is 54.0 Å². The van der Waals surface area contributed by atoms with Crippen LogP contribution in [-0.2, 0) is 4.28 Å². The lowest BCUT2D eigenvalue weighted by Crippen LogP contribution is -2.15. The van der Waals surface area contributed by atoms with E-state index in [4.69, 9.17) is 0 Å². The Bertz CT molecular complexity index is 201. The fourth-order valence-electron chi connectivity index (χ4n) is 0.938. The first-order valence-electron chi connectivity index (χ1n) is 3.66. The molecule has 11 heavy (non-hydrogen) atoms. The molecule has 0 aliphatic heterocycles. The van der Waals surface area contributed by atoms with Gasteiger partial charge in [-0.05, 0) is 0 Å². The van der Waals surface area contributed by atoms with Crippen LogP contribution in [0.5, 0.6) is 0 Å². The highest BCUT2D eigenvalue weighted by molar-refractivity contribution is 6.15. The second-order valence-corrected chi connectivity index (χ2v) is 6.12. The predicted molar refractivity (Wildman–Crippen MR) is 55.3 cm³/mol. The highest BCUT2D eigenvalue weighted by Crippen LogP contribution is 2.17. The molecule has 1 rings (SSSR count). The number of benzene rings is 1. The molecule has 0 nitrogen and oxygen atoms in total. The van der Waals surface area contributed by atoms with E-state index in [-0.39, 0.29) is 12.4 Å². The second kappa shape index (κ2) is 4.16. The van der Waals surface area contributed by atoms with Gasteiger partial charge in [0.25, 0.3) is 0 Å². The molecule has 2 heteroatoms. The molecule has 0 atom stereocenters. The molecular formula is C9H14AlCl. The molecule has 0 bridgehead atoms. The summed E-state index contributed by atoms with van der Waals surface area (Å²) >= 11 is 1.22. The average molecular weight is 185 g/mol. The van der Waals surface area contributed by atoms with Gasteiger partial charge in [0.2, 0.25) is 16.3 Å². The minimum absolute atomic E-state index is 0. The average Bonchev–Trinajstić information content (AvgIpc) is 1.88. The zero-order chi connectivity index (χ0) is 7.61. The first-order valence-corrected chi connectivity index (χ1v) is 4.66. The molecular weight excluding hydrogens is 171 g/mol. The Labute approximate surface area is 82.8 Å². The lowest BCUT2D eigenvalue weighted by atomic mass is 10.0. The van der Waals surface area contributed by atoms with Gasteiger partial charge in [0.1, 0.15) is 0 Å². The zero-order valence-corrected chi connectivity index (χ0v) is 10.1. The van der Waals surface area contributed by atoms with Crippen molar-refractivity contribution in [2.24, 2.45) is 0 Å². The van der Waals surface area contributed by atoms with Crippen molar-refractivity contribution in [3.8, 4) is 0 Å². The van der Waals surface area contributed by atoms with E-state index >= 15 is 0 Å². The van der Waals surface area contributed by atoms with E-state index in [1.807, 2.05) is 0 Å². The molecule has 0 fully saturated rings. The third-order valence-corrected chi connectivity index (χ3v) is 2.22. The zero-order valence-electron chi connectivity index (χ0n) is 7.29. The van der Waals surface area contributed by atoms with E-state index in [9.17, 15) is 0 Å². The molecule has 0 spiro atoms. The molecule has 0 heterocycles. The van der Waals surface area contributed by atoms with Crippen molar-refractivity contribution in [2.75, 3.05) is 0 Å². The van der Waals surface area contributed by atoms with Gasteiger partial charge < -0.3 is 0 Å². The molecule has 0 radical (unpaired) electrons. The number of hydrogen-bond donors (Lipinski definition) is 0. The largest absolute Gasteiger partial charge is 0.227 e. The van der Waals surface area contributed by atoms with Crippen molar-refractivity contribution in [1.29, 1.82) is 0 Å². The van der Waals surface area contributed by atoms with Crippen molar-refractivity contribution < 1.29 is 0 Å². The minimum Gasteiger partial charge on any atom is -0.147 e. The van der Waals surface area contributed by atoms with E-state index in [1.54, 1.807) is 0 Å². The normalized spacial score (nSPS) is 10.4. The summed E-state index contributed by atoms with van der Waals surface area (Å²) in [4.78, 5) is 0. The van der Waals surface area contributed by atoms with Crippen LogP contribution < -0.4 is 0 Å². The van der Waals surface area contributed by atoms with Gasteiger partial charge in [-0.2, -0.15) is 0 Å². The third kappa shape index (κ3) is 3.29. The van der Waals surface area contributed by atoms with Crippen molar-refractivity contribution >= 4 is 28.7 Å². The van der Waals surface area contributed by atoms with Gasteiger partial charge in [-0.15, -0.1) is 12.4 Å². The Balaban J connectivity index is 0.000001000. The SMILES string of the molecule is C[C](C)([AlH2])c1ccccc1.Cl. The van der Waals surface area contributed by atoms with E-state index in [1.165, 1.54) is 21.9 Å². The van der Waals surface area contributed by atoms with Gasteiger partial charge in [0.15, 0.2) is 0 Å². The molecule has 60 valence electrons. The highest BCUT2D eigenvalue weighted by Gasteiger charge is 2.11. The summed E-state index contributed by atoms with van der Waals surface area (Å²) in [7, 11) is 0. The van der Waals surface area contributed by atoms with Crippen molar-refractivity contribution in [2.45, 2.75) is 18.1 Å². The Morgan fingerprint density at radius 2 is 1.55 bits per heavy atom. The summed E-state index contributed by atoms with van der Waals surface area (Å²) in [6, 6.07) is 10.7. The summed E-state index contributed by atoms with van der Waals surface area (Å²) in [5, 5.41) is 0. The van der Waals surface area contributed by atoms with Crippen molar-refractivity contribution in [1.82, 2.24) is 0 Å². The molecule has 0 saturated heterocycles. The summed E-state index contributed by atoms with van der Waals surface area (Å²) in [5.74, 6) is 0. The Hall–Kier alpha value is 0.0425. The number of halogens is 1. The smallest absolute Gasteiger partial charge is 0.147 e. The molecule has 0 aromatic heterocycles. The molecule has 0 amide bonds. The highest BCUT2D eigenvalue weighted by atomic mass is 35.5. The van der Waals surface area contributed by atoms with E-state index in [0.717, 1.165) is 0 Å². The Morgan fingerprint density at radius 1 is 1.09 bits per heavy atom. The summed E-state index contributed by atoms with van der Waals surface area (Å²) in [6.45, 7) is 4.57. The van der Waals surface area contributed by atoms with Crippen LogP contribution in [0.1, 0.15) is 19.4 Å². The molecule has 0 unspecified atom stereocenters. The summed E-state index contributed by atoms with van der Waals surface area (Å²) in [5.41, 5.74) is 1.46. The van der Waals surface area contributed by atoms with E-state index in [2.05, 4.69) is 44.2 Å². The number of rotatable bonds is 1. The fraction of sp³-hybridized carbons (Fsp3) is 0.333. The lowest BCUT2D eigenvalue weighted by molar-refractivity contribution is 0.764. The van der Waals surface area contributed by atoms with E-state index < -0.39 is 0 Å². The third-order valence-electron chi connectivity index (χ3n) is 1.64. The van der Waals surface area contributed by atoms with E-state index in [0.29, 0.717) is 4.28 Å². The molecule has 1 aromatic carbocycles. The van der Waals surface area contributed by atoms with Crippen molar-refractivity contribution in [3.05, 3.63) is 35.9 Å². The standard InChI is InChI=1S/C9H11.Al.ClH.2H/c1-8(2)9-6-4-3-5-7-9;;;;/h3-7H,1-2H3;;1H;;. The molecule has 0 N–H and O–H groups in total. The molecule has 1 aromatic rings. The van der Waals surface area contributed by atoms with Crippen LogP contribution in [0.4, 0.5) is 0 Å². The maximum Gasteiger partial charge on any atom is 0.227 e. The van der Waals surface area contributed by atoms with Gasteiger partial charge in [0.05, 0.1) is 0 Å². The maximum atomic E-state index is 2.29. The first-order chi connectivity index (χ1) is 4.61. The van der Waals surface area contributed by atoms with Gasteiger partial charge in [-0.3, -0.25) is 0 Å². The predicted octanol–water partition coefficient (Wildman–Crippen LogP) is 1.98. The Morgan fingerprint density at radius 3 is 1.82 bits per heavy atom. The monoisotopic (exact) mass is 184 g/mol. The lowest BCUT2D eigenvalue weighted by Gasteiger charge is -2.18. The fourth-order valence-corrected chi connectivity index (χ4v) is 1.27. The first kappa shape index (κ1) is 11.0. The minimum atomic E-state index is 0. The van der Waals surface area contributed by atoms with Crippen LogP contribution >= 0.6 is 12.4 Å². The maximum absolute atomic E-state index is 2.29.